The van der Waals surface area contributed by atoms with Crippen molar-refractivity contribution in [3.8, 4) is 0 Å². The molecule has 0 unspecified atom stereocenters. The summed E-state index contributed by atoms with van der Waals surface area (Å²) in [6, 6.07) is -1.02. The topological polar surface area (TPSA) is 198 Å². The molecule has 0 aromatic rings. The van der Waals surface area contributed by atoms with E-state index in [1.807, 2.05) is 0 Å². The zero-order chi connectivity index (χ0) is 23.9. The molecular weight excluding hydrogens is 424 g/mol. The van der Waals surface area contributed by atoms with E-state index in [-0.39, 0.29) is 24.7 Å². The molecule has 13 nitrogen and oxygen atoms in total. The van der Waals surface area contributed by atoms with Crippen LogP contribution in [0.3, 0.4) is 0 Å². The molecule has 1 atom stereocenters. The van der Waals surface area contributed by atoms with Gasteiger partial charge in [-0.2, -0.15) is 0 Å². The van der Waals surface area contributed by atoms with Gasteiger partial charge in [0.15, 0.2) is 0 Å². The number of hydrogen-bond acceptors (Lipinski definition) is 8. The van der Waals surface area contributed by atoms with Gasteiger partial charge < -0.3 is 35.7 Å². The predicted molar refractivity (Wildman–Crippen MR) is 116 cm³/mol. The number of aliphatic carboxylic acids is 1. The van der Waals surface area contributed by atoms with Crippen LogP contribution < -0.4 is 16.4 Å². The second-order valence-corrected chi connectivity index (χ2v) is 6.79. The van der Waals surface area contributed by atoms with Crippen LogP contribution in [0.4, 0.5) is 0 Å². The SMILES string of the molecule is [N-]=[N+]=NCCOCCOCCOCCNC(=O)CCCCCNC(=O)CC[C@H](N)C(=O)O. The monoisotopic (exact) mass is 460 g/mol. The lowest BCUT2D eigenvalue weighted by molar-refractivity contribution is -0.138. The molecule has 0 rings (SSSR count). The highest BCUT2D eigenvalue weighted by atomic mass is 16.5. The fourth-order valence-corrected chi connectivity index (χ4v) is 2.36. The van der Waals surface area contributed by atoms with Crippen LogP contribution in [0.15, 0.2) is 5.11 Å². The molecule has 0 heterocycles. The summed E-state index contributed by atoms with van der Waals surface area (Å²) >= 11 is 0. The van der Waals surface area contributed by atoms with Gasteiger partial charge in [0.2, 0.25) is 11.8 Å². The summed E-state index contributed by atoms with van der Waals surface area (Å²) in [7, 11) is 0. The minimum Gasteiger partial charge on any atom is -0.480 e. The van der Waals surface area contributed by atoms with Gasteiger partial charge in [0.25, 0.3) is 0 Å². The summed E-state index contributed by atoms with van der Waals surface area (Å²) in [5.74, 6) is -1.38. The molecule has 2 amide bonds. The zero-order valence-electron chi connectivity index (χ0n) is 18.5. The molecule has 0 aliphatic rings. The molecule has 0 aromatic heterocycles. The highest BCUT2D eigenvalue weighted by Crippen LogP contribution is 2.00. The van der Waals surface area contributed by atoms with Gasteiger partial charge in [-0.1, -0.05) is 11.5 Å². The maximum atomic E-state index is 11.7. The number of nitrogens with two attached hydrogens (primary N) is 1. The Morgan fingerprint density at radius 2 is 1.47 bits per heavy atom. The van der Waals surface area contributed by atoms with Crippen molar-refractivity contribution in [3.05, 3.63) is 10.4 Å². The molecule has 32 heavy (non-hydrogen) atoms. The van der Waals surface area contributed by atoms with Crippen molar-refractivity contribution in [2.45, 2.75) is 44.6 Å². The third kappa shape index (κ3) is 20.8. The standard InChI is InChI=1S/C19H36N6O7/c20-16(19(28)29)5-6-18(27)22-7-3-1-2-4-17(26)23-8-10-30-12-14-32-15-13-31-11-9-24-25-21/h16H,1-15,20H2,(H,22,27)(H,23,26)(H,28,29)/t16-/m0/s1. The van der Waals surface area contributed by atoms with E-state index in [4.69, 9.17) is 30.6 Å². The molecule has 0 radical (unpaired) electrons. The summed E-state index contributed by atoms with van der Waals surface area (Å²) < 4.78 is 15.8. The number of carbonyl (C=O) groups is 3. The van der Waals surface area contributed by atoms with E-state index in [1.54, 1.807) is 0 Å². The maximum absolute atomic E-state index is 11.7. The van der Waals surface area contributed by atoms with E-state index in [9.17, 15) is 14.4 Å². The van der Waals surface area contributed by atoms with E-state index < -0.39 is 12.0 Å². The van der Waals surface area contributed by atoms with Crippen molar-refractivity contribution in [2.24, 2.45) is 10.8 Å². The number of nitrogens with zero attached hydrogens (tertiary/aromatic N) is 3. The average Bonchev–Trinajstić information content (AvgIpc) is 2.77. The predicted octanol–water partition coefficient (Wildman–Crippen LogP) is 0.331. The number of rotatable bonds is 22. The van der Waals surface area contributed by atoms with Gasteiger partial charge in [0.1, 0.15) is 6.04 Å². The van der Waals surface area contributed by atoms with Gasteiger partial charge in [-0.3, -0.25) is 14.4 Å². The largest absolute Gasteiger partial charge is 0.480 e. The number of unbranched alkanes of at least 4 members (excludes halogenated alkanes) is 2. The van der Waals surface area contributed by atoms with E-state index >= 15 is 0 Å². The number of ether oxygens (including phenoxy) is 3. The first-order valence-electron chi connectivity index (χ1n) is 10.7. The summed E-state index contributed by atoms with van der Waals surface area (Å²) in [4.78, 5) is 36.5. The number of amides is 2. The number of carbonyl (C=O) groups excluding carboxylic acids is 2. The molecule has 0 saturated heterocycles. The number of carboxylic acids is 1. The summed E-state index contributed by atoms with van der Waals surface area (Å²) in [6.45, 7) is 3.68. The number of hydrogen-bond donors (Lipinski definition) is 4. The van der Waals surface area contributed by atoms with Crippen molar-refractivity contribution < 1.29 is 33.7 Å². The van der Waals surface area contributed by atoms with E-state index in [0.29, 0.717) is 72.1 Å². The fourth-order valence-electron chi connectivity index (χ4n) is 2.36. The fraction of sp³-hybridized carbons (Fsp3) is 0.842. The van der Waals surface area contributed by atoms with Gasteiger partial charge >= 0.3 is 5.97 Å². The van der Waals surface area contributed by atoms with E-state index in [1.165, 1.54) is 0 Å². The van der Waals surface area contributed by atoms with Crippen LogP contribution in [0.1, 0.15) is 38.5 Å². The van der Waals surface area contributed by atoms with Crippen molar-refractivity contribution in [3.63, 3.8) is 0 Å². The Labute approximate surface area is 188 Å². The Bertz CT molecular complexity index is 572. The molecule has 0 fully saturated rings. The van der Waals surface area contributed by atoms with Crippen LogP contribution in [-0.2, 0) is 28.6 Å². The van der Waals surface area contributed by atoms with Gasteiger partial charge in [0, 0.05) is 37.4 Å². The third-order valence-corrected chi connectivity index (χ3v) is 4.11. The van der Waals surface area contributed by atoms with Crippen molar-refractivity contribution >= 4 is 17.8 Å². The van der Waals surface area contributed by atoms with Crippen LogP contribution in [0, 0.1) is 0 Å². The highest BCUT2D eigenvalue weighted by molar-refractivity contribution is 5.78. The normalized spacial score (nSPS) is 11.4. The molecule has 0 aromatic carbocycles. The Kier molecular flexibility index (Phi) is 20.1. The van der Waals surface area contributed by atoms with Crippen LogP contribution in [0.5, 0.6) is 0 Å². The van der Waals surface area contributed by atoms with Gasteiger partial charge in [-0.25, -0.2) is 0 Å². The lowest BCUT2D eigenvalue weighted by atomic mass is 10.1. The lowest BCUT2D eigenvalue weighted by Gasteiger charge is -2.08. The molecule has 0 saturated carbocycles. The Morgan fingerprint density at radius 3 is 2.12 bits per heavy atom. The maximum Gasteiger partial charge on any atom is 0.320 e. The number of carboxylic acid groups (broad SMARTS) is 1. The molecule has 0 spiro atoms. The molecular formula is C19H36N6O7. The molecule has 0 aliphatic heterocycles. The van der Waals surface area contributed by atoms with Gasteiger partial charge in [0.05, 0.1) is 39.6 Å². The Balaban J connectivity index is 3.34. The first-order chi connectivity index (χ1) is 15.5. The smallest absolute Gasteiger partial charge is 0.320 e. The van der Waals surface area contributed by atoms with Gasteiger partial charge in [-0.15, -0.1) is 0 Å². The van der Waals surface area contributed by atoms with Crippen molar-refractivity contribution in [1.82, 2.24) is 10.6 Å². The first-order valence-corrected chi connectivity index (χ1v) is 10.7. The minimum atomic E-state index is -1.12. The van der Waals surface area contributed by atoms with Gasteiger partial charge in [-0.05, 0) is 24.8 Å². The number of nitrogens with one attached hydrogen (secondary N) is 2. The molecule has 5 N–H and O–H groups in total. The summed E-state index contributed by atoms with van der Waals surface area (Å²) in [6.07, 6.45) is 2.85. The van der Waals surface area contributed by atoms with E-state index in [0.717, 1.165) is 12.8 Å². The second kappa shape index (κ2) is 21.8. The zero-order valence-corrected chi connectivity index (χ0v) is 18.5. The highest BCUT2D eigenvalue weighted by Gasteiger charge is 2.13. The third-order valence-electron chi connectivity index (χ3n) is 4.11. The van der Waals surface area contributed by atoms with Crippen LogP contribution in [-0.4, -0.2) is 88.2 Å². The molecule has 0 bridgehead atoms. The molecule has 13 heteroatoms. The second-order valence-electron chi connectivity index (χ2n) is 6.79. The average molecular weight is 461 g/mol. The van der Waals surface area contributed by atoms with Crippen LogP contribution in [0.2, 0.25) is 0 Å². The van der Waals surface area contributed by atoms with Crippen LogP contribution in [0.25, 0.3) is 10.4 Å². The number of azide groups is 1. The first kappa shape index (κ1) is 29.6. The summed E-state index contributed by atoms with van der Waals surface area (Å²) in [5, 5.41) is 17.5. The minimum absolute atomic E-state index is 0.0468. The Hall–Kier alpha value is -2.44. The quantitative estimate of drug-likeness (QED) is 0.0766. The van der Waals surface area contributed by atoms with Crippen molar-refractivity contribution in [1.29, 1.82) is 0 Å². The Morgan fingerprint density at radius 1 is 0.875 bits per heavy atom. The van der Waals surface area contributed by atoms with Crippen molar-refractivity contribution in [2.75, 3.05) is 59.3 Å². The molecule has 184 valence electrons. The summed E-state index contributed by atoms with van der Waals surface area (Å²) in [5.41, 5.74) is 13.4. The molecule has 0 aliphatic carbocycles. The van der Waals surface area contributed by atoms with E-state index in [2.05, 4.69) is 20.7 Å². The van der Waals surface area contributed by atoms with Crippen LogP contribution >= 0.6 is 0 Å². The lowest BCUT2D eigenvalue weighted by Crippen LogP contribution is -2.32.